The summed E-state index contributed by atoms with van der Waals surface area (Å²) in [6.45, 7) is 5.39. The molecule has 1 unspecified atom stereocenters. The van der Waals surface area contributed by atoms with Crippen LogP contribution in [0, 0.1) is 5.92 Å². The molecule has 0 amide bonds. The van der Waals surface area contributed by atoms with Crippen LogP contribution in [0.4, 0.5) is 5.69 Å². The van der Waals surface area contributed by atoms with Crippen molar-refractivity contribution in [2.45, 2.75) is 26.2 Å². The molecular formula is C17H26N2O. The number of carbonyl (C=O) groups is 1. The molecular weight excluding hydrogens is 248 g/mol. The molecule has 1 atom stereocenters. The Bertz CT molecular complexity index is 454. The summed E-state index contributed by atoms with van der Waals surface area (Å²) in [6.07, 6.45) is 3.34. The van der Waals surface area contributed by atoms with Gasteiger partial charge in [0.2, 0.25) is 0 Å². The fourth-order valence-corrected chi connectivity index (χ4v) is 2.96. The third-order valence-electron chi connectivity index (χ3n) is 4.06. The van der Waals surface area contributed by atoms with Crippen LogP contribution in [0.25, 0.3) is 0 Å². The lowest BCUT2D eigenvalue weighted by Gasteiger charge is -2.31. The maximum absolute atomic E-state index is 12.7. The second-order valence-electron chi connectivity index (χ2n) is 5.95. The topological polar surface area (TPSA) is 23.6 Å². The number of benzene rings is 1. The van der Waals surface area contributed by atoms with Crippen molar-refractivity contribution in [1.82, 2.24) is 4.90 Å². The van der Waals surface area contributed by atoms with Gasteiger partial charge in [0.15, 0.2) is 5.78 Å². The van der Waals surface area contributed by atoms with E-state index in [0.717, 1.165) is 50.1 Å². The van der Waals surface area contributed by atoms with Gasteiger partial charge in [-0.25, -0.2) is 0 Å². The number of carbonyl (C=O) groups excluding carboxylic acids is 1. The molecule has 0 radical (unpaired) electrons. The molecule has 110 valence electrons. The van der Waals surface area contributed by atoms with Gasteiger partial charge in [0.1, 0.15) is 0 Å². The van der Waals surface area contributed by atoms with Crippen LogP contribution >= 0.6 is 0 Å². The molecule has 1 aromatic rings. The molecule has 0 spiro atoms. The molecule has 1 fully saturated rings. The van der Waals surface area contributed by atoms with Gasteiger partial charge in [0, 0.05) is 37.8 Å². The van der Waals surface area contributed by atoms with E-state index in [2.05, 4.69) is 11.8 Å². The molecule has 0 aromatic heterocycles. The molecule has 3 nitrogen and oxygen atoms in total. The molecule has 0 bridgehead atoms. The molecule has 3 heteroatoms. The van der Waals surface area contributed by atoms with Crippen molar-refractivity contribution >= 4 is 11.5 Å². The molecule has 2 rings (SSSR count). The summed E-state index contributed by atoms with van der Waals surface area (Å²) in [7, 11) is 4.01. The Hall–Kier alpha value is -1.35. The normalized spacial score (nSPS) is 19.9. The van der Waals surface area contributed by atoms with E-state index < -0.39 is 0 Å². The third-order valence-corrected chi connectivity index (χ3v) is 4.06. The van der Waals surface area contributed by atoms with Crippen molar-refractivity contribution in [3.8, 4) is 0 Å². The van der Waals surface area contributed by atoms with Crippen LogP contribution in [-0.4, -0.2) is 44.4 Å². The van der Waals surface area contributed by atoms with E-state index in [9.17, 15) is 4.79 Å². The van der Waals surface area contributed by atoms with Crippen molar-refractivity contribution in [3.63, 3.8) is 0 Å². The lowest BCUT2D eigenvalue weighted by atomic mass is 9.89. The van der Waals surface area contributed by atoms with Gasteiger partial charge in [-0.1, -0.05) is 19.1 Å². The number of Topliss-reactive ketones (excluding diaryl/α,β-unsaturated/α-hetero) is 1. The van der Waals surface area contributed by atoms with E-state index in [0.29, 0.717) is 5.78 Å². The average molecular weight is 274 g/mol. The van der Waals surface area contributed by atoms with Crippen molar-refractivity contribution in [3.05, 3.63) is 29.8 Å². The predicted molar refractivity (Wildman–Crippen MR) is 84.6 cm³/mol. The van der Waals surface area contributed by atoms with Crippen LogP contribution < -0.4 is 4.90 Å². The summed E-state index contributed by atoms with van der Waals surface area (Å²) in [5.41, 5.74) is 1.96. The first-order valence-electron chi connectivity index (χ1n) is 7.65. The Morgan fingerprint density at radius 3 is 2.90 bits per heavy atom. The zero-order valence-electron chi connectivity index (χ0n) is 12.9. The Kier molecular flexibility index (Phi) is 5.18. The van der Waals surface area contributed by atoms with Crippen molar-refractivity contribution < 1.29 is 4.79 Å². The first kappa shape index (κ1) is 15.0. The summed E-state index contributed by atoms with van der Waals surface area (Å²) >= 11 is 0. The van der Waals surface area contributed by atoms with Gasteiger partial charge in [-0.3, -0.25) is 4.79 Å². The molecule has 20 heavy (non-hydrogen) atoms. The van der Waals surface area contributed by atoms with Crippen LogP contribution in [0.15, 0.2) is 24.3 Å². The minimum Gasteiger partial charge on any atom is -0.378 e. The van der Waals surface area contributed by atoms with Gasteiger partial charge in [0.25, 0.3) is 0 Å². The summed E-state index contributed by atoms with van der Waals surface area (Å²) in [4.78, 5) is 17.2. The molecule has 1 aromatic carbocycles. The fourth-order valence-electron chi connectivity index (χ4n) is 2.96. The van der Waals surface area contributed by atoms with Crippen LogP contribution in [0.2, 0.25) is 0 Å². The highest BCUT2D eigenvalue weighted by molar-refractivity contribution is 5.98. The van der Waals surface area contributed by atoms with Gasteiger partial charge in [0.05, 0.1) is 0 Å². The number of nitrogens with zero attached hydrogens (tertiary/aromatic N) is 2. The second kappa shape index (κ2) is 6.89. The number of anilines is 1. The highest BCUT2D eigenvalue weighted by atomic mass is 16.1. The summed E-state index contributed by atoms with van der Waals surface area (Å²) in [5.74, 6) is 0.488. The SMILES string of the molecule is CCCN1CCCC(C(=O)c2cccc(N(C)C)c2)C1. The molecule has 1 heterocycles. The summed E-state index contributed by atoms with van der Waals surface area (Å²) < 4.78 is 0. The number of piperidine rings is 1. The van der Waals surface area contributed by atoms with Crippen molar-refractivity contribution in [2.75, 3.05) is 38.6 Å². The third kappa shape index (κ3) is 3.60. The minimum absolute atomic E-state index is 0.174. The van der Waals surface area contributed by atoms with Gasteiger partial charge >= 0.3 is 0 Å². The van der Waals surface area contributed by atoms with Crippen LogP contribution in [-0.2, 0) is 0 Å². The first-order chi connectivity index (χ1) is 9.61. The van der Waals surface area contributed by atoms with Crippen molar-refractivity contribution in [1.29, 1.82) is 0 Å². The molecule has 1 aliphatic heterocycles. The highest BCUT2D eigenvalue weighted by Crippen LogP contribution is 2.23. The quantitative estimate of drug-likeness (QED) is 0.771. The summed E-state index contributed by atoms with van der Waals surface area (Å²) in [5, 5.41) is 0. The zero-order chi connectivity index (χ0) is 14.5. The van der Waals surface area contributed by atoms with E-state index in [1.807, 2.05) is 43.3 Å². The Morgan fingerprint density at radius 2 is 2.20 bits per heavy atom. The number of likely N-dealkylation sites (tertiary alicyclic amines) is 1. The van der Waals surface area contributed by atoms with E-state index in [-0.39, 0.29) is 5.92 Å². The largest absolute Gasteiger partial charge is 0.378 e. The lowest BCUT2D eigenvalue weighted by molar-refractivity contribution is 0.0820. The predicted octanol–water partition coefficient (Wildman–Crippen LogP) is 3.06. The van der Waals surface area contributed by atoms with Crippen LogP contribution in [0.5, 0.6) is 0 Å². The monoisotopic (exact) mass is 274 g/mol. The number of hydrogen-bond acceptors (Lipinski definition) is 3. The Balaban J connectivity index is 2.08. The maximum Gasteiger partial charge on any atom is 0.167 e. The van der Waals surface area contributed by atoms with E-state index >= 15 is 0 Å². The standard InChI is InChI=1S/C17H26N2O/c1-4-10-19-11-6-8-15(13-19)17(20)14-7-5-9-16(12-14)18(2)3/h5,7,9,12,15H,4,6,8,10-11,13H2,1-3H3. The average Bonchev–Trinajstić information content (AvgIpc) is 2.47. The lowest BCUT2D eigenvalue weighted by Crippen LogP contribution is -2.39. The van der Waals surface area contributed by atoms with E-state index in [1.54, 1.807) is 0 Å². The van der Waals surface area contributed by atoms with Gasteiger partial charge in [-0.2, -0.15) is 0 Å². The zero-order valence-corrected chi connectivity index (χ0v) is 12.9. The van der Waals surface area contributed by atoms with Gasteiger partial charge in [-0.15, -0.1) is 0 Å². The molecule has 1 aliphatic rings. The minimum atomic E-state index is 0.174. The smallest absolute Gasteiger partial charge is 0.167 e. The van der Waals surface area contributed by atoms with Crippen LogP contribution in [0.1, 0.15) is 36.5 Å². The Morgan fingerprint density at radius 1 is 1.40 bits per heavy atom. The molecule has 0 saturated carbocycles. The van der Waals surface area contributed by atoms with Crippen LogP contribution in [0.3, 0.4) is 0 Å². The maximum atomic E-state index is 12.7. The molecule has 0 aliphatic carbocycles. The molecule has 0 N–H and O–H groups in total. The number of ketones is 1. The first-order valence-corrected chi connectivity index (χ1v) is 7.65. The highest BCUT2D eigenvalue weighted by Gasteiger charge is 2.26. The van der Waals surface area contributed by atoms with Crippen molar-refractivity contribution in [2.24, 2.45) is 5.92 Å². The van der Waals surface area contributed by atoms with Gasteiger partial charge in [-0.05, 0) is 44.5 Å². The summed E-state index contributed by atoms with van der Waals surface area (Å²) in [6, 6.07) is 7.99. The number of hydrogen-bond donors (Lipinski definition) is 0. The Labute approximate surface area is 122 Å². The molecule has 1 saturated heterocycles. The van der Waals surface area contributed by atoms with E-state index in [1.165, 1.54) is 0 Å². The fraction of sp³-hybridized carbons (Fsp3) is 0.588. The number of rotatable bonds is 5. The second-order valence-corrected chi connectivity index (χ2v) is 5.95. The van der Waals surface area contributed by atoms with E-state index in [4.69, 9.17) is 0 Å². The van der Waals surface area contributed by atoms with Gasteiger partial charge < -0.3 is 9.80 Å².